The molecule has 3 aromatic heterocycles. The maximum absolute atomic E-state index is 12.9. The van der Waals surface area contributed by atoms with Crippen LogP contribution in [0.2, 0.25) is 0 Å². The summed E-state index contributed by atoms with van der Waals surface area (Å²) >= 11 is 5.12. The van der Waals surface area contributed by atoms with Gasteiger partial charge in [0.05, 0.1) is 10.6 Å². The molecule has 0 aliphatic heterocycles. The van der Waals surface area contributed by atoms with Gasteiger partial charge in [-0.05, 0) is 70.8 Å². The largest absolute Gasteiger partial charge is 0.302 e. The molecule has 150 valence electrons. The lowest BCUT2D eigenvalue weighted by Crippen LogP contribution is -2.26. The first kappa shape index (κ1) is 19.8. The molecule has 3 aromatic rings. The molecule has 3 heterocycles. The molecule has 28 heavy (non-hydrogen) atoms. The number of nitrogens with zero attached hydrogens (tertiary/aromatic N) is 3. The molecule has 4 rings (SSSR count). The van der Waals surface area contributed by atoms with Crippen molar-refractivity contribution in [3.05, 3.63) is 37.8 Å². The normalized spacial score (nSPS) is 20.8. The van der Waals surface area contributed by atoms with Crippen LogP contribution in [0.3, 0.4) is 0 Å². The summed E-state index contributed by atoms with van der Waals surface area (Å²) in [6, 6.07) is 1.98. The first-order chi connectivity index (χ1) is 13.3. The second-order valence-electron chi connectivity index (χ2n) is 8.85. The van der Waals surface area contributed by atoms with Crippen molar-refractivity contribution in [1.29, 1.82) is 0 Å². The number of rotatable bonds is 3. The number of hydrogen-bond donors (Lipinski definition) is 1. The smallest absolute Gasteiger partial charge is 0.277 e. The summed E-state index contributed by atoms with van der Waals surface area (Å²) in [4.78, 5) is 21.7. The summed E-state index contributed by atoms with van der Waals surface area (Å²) in [7, 11) is 0. The third-order valence-corrected chi connectivity index (χ3v) is 7.93. The van der Waals surface area contributed by atoms with Gasteiger partial charge < -0.3 is 4.98 Å². The van der Waals surface area contributed by atoms with Crippen molar-refractivity contribution in [2.45, 2.75) is 65.7 Å². The van der Waals surface area contributed by atoms with Crippen LogP contribution in [-0.2, 0) is 6.42 Å². The van der Waals surface area contributed by atoms with Crippen molar-refractivity contribution >= 4 is 32.8 Å². The van der Waals surface area contributed by atoms with E-state index in [1.807, 2.05) is 22.9 Å². The Bertz CT molecular complexity index is 1050. The molecule has 1 fully saturated rings. The summed E-state index contributed by atoms with van der Waals surface area (Å²) in [6.07, 6.45) is 5.36. The third-order valence-electron chi connectivity index (χ3n) is 6.08. The van der Waals surface area contributed by atoms with Crippen molar-refractivity contribution in [2.75, 3.05) is 0 Å². The van der Waals surface area contributed by atoms with Crippen LogP contribution in [-0.4, -0.2) is 19.6 Å². The van der Waals surface area contributed by atoms with Crippen molar-refractivity contribution in [3.63, 3.8) is 0 Å². The van der Waals surface area contributed by atoms with Gasteiger partial charge in [-0.15, -0.1) is 16.4 Å². The molecule has 0 atom stereocenters. The van der Waals surface area contributed by atoms with E-state index >= 15 is 0 Å². The number of fused-ring (bicyclic) bond motifs is 1. The van der Waals surface area contributed by atoms with E-state index < -0.39 is 0 Å². The van der Waals surface area contributed by atoms with Crippen LogP contribution >= 0.6 is 27.3 Å². The van der Waals surface area contributed by atoms with E-state index in [1.54, 1.807) is 11.3 Å². The lowest BCUT2D eigenvalue weighted by Gasteiger charge is -2.36. The zero-order chi connectivity index (χ0) is 20.1. The zero-order valence-electron chi connectivity index (χ0n) is 16.9. The Labute approximate surface area is 177 Å². The molecule has 1 aliphatic carbocycles. The Morgan fingerprint density at radius 2 is 2.00 bits per heavy atom. The van der Waals surface area contributed by atoms with Crippen LogP contribution in [0, 0.1) is 11.3 Å². The SMILES string of the molecule is CCc1nc([C@H]2CC[C@H](C(C)(C)C)CC2)n2nc(-c3sccc3Br)[nH]c(=O)c12. The highest BCUT2D eigenvalue weighted by atomic mass is 79.9. The molecule has 0 aromatic carbocycles. The number of H-pyrrole nitrogens is 1. The van der Waals surface area contributed by atoms with Gasteiger partial charge in [-0.1, -0.05) is 27.7 Å². The summed E-state index contributed by atoms with van der Waals surface area (Å²) in [5, 5.41) is 6.82. The highest BCUT2D eigenvalue weighted by Crippen LogP contribution is 2.43. The molecule has 0 unspecified atom stereocenters. The lowest BCUT2D eigenvalue weighted by atomic mass is 9.70. The van der Waals surface area contributed by atoms with Gasteiger partial charge in [0.15, 0.2) is 11.3 Å². The van der Waals surface area contributed by atoms with Gasteiger partial charge in [-0.2, -0.15) is 0 Å². The van der Waals surface area contributed by atoms with E-state index in [0.29, 0.717) is 22.7 Å². The molecule has 7 heteroatoms. The Hall–Kier alpha value is -1.47. The number of aryl methyl sites for hydroxylation is 1. The molecule has 1 N–H and O–H groups in total. The average molecular weight is 463 g/mol. The zero-order valence-corrected chi connectivity index (χ0v) is 19.3. The number of thiophene rings is 1. The van der Waals surface area contributed by atoms with Gasteiger partial charge in [0.1, 0.15) is 5.82 Å². The second-order valence-corrected chi connectivity index (χ2v) is 10.6. The van der Waals surface area contributed by atoms with Crippen LogP contribution in [0.25, 0.3) is 16.2 Å². The highest BCUT2D eigenvalue weighted by Gasteiger charge is 2.32. The first-order valence-electron chi connectivity index (χ1n) is 10.0. The number of hydrogen-bond acceptors (Lipinski definition) is 4. The van der Waals surface area contributed by atoms with Crippen LogP contribution < -0.4 is 5.56 Å². The Kier molecular flexibility index (Phi) is 5.25. The molecule has 0 amide bonds. The maximum atomic E-state index is 12.9. The van der Waals surface area contributed by atoms with Crippen LogP contribution in [0.5, 0.6) is 0 Å². The summed E-state index contributed by atoms with van der Waals surface area (Å²) in [5.41, 5.74) is 1.69. The maximum Gasteiger partial charge on any atom is 0.277 e. The lowest BCUT2D eigenvalue weighted by molar-refractivity contribution is 0.167. The molecule has 1 aliphatic rings. The van der Waals surface area contributed by atoms with E-state index in [0.717, 1.165) is 46.0 Å². The van der Waals surface area contributed by atoms with Crippen molar-refractivity contribution in [1.82, 2.24) is 19.6 Å². The highest BCUT2D eigenvalue weighted by molar-refractivity contribution is 9.10. The van der Waals surface area contributed by atoms with Crippen molar-refractivity contribution < 1.29 is 0 Å². The van der Waals surface area contributed by atoms with E-state index in [9.17, 15) is 4.79 Å². The van der Waals surface area contributed by atoms with Gasteiger partial charge in [0, 0.05) is 10.4 Å². The van der Waals surface area contributed by atoms with Crippen LogP contribution in [0.1, 0.15) is 70.8 Å². The van der Waals surface area contributed by atoms with Crippen LogP contribution in [0.15, 0.2) is 20.7 Å². The standard InChI is InChI=1S/C21H27BrN4OS/c1-5-15-16-20(27)24-18(17-14(22)10-11-28-17)25-26(16)19(23-15)12-6-8-13(9-7-12)21(2,3)4/h10-13H,5-9H2,1-4H3,(H,24,25,27)/t12-,13-. The third kappa shape index (κ3) is 3.47. The van der Waals surface area contributed by atoms with Crippen LogP contribution in [0.4, 0.5) is 0 Å². The molecule has 5 nitrogen and oxygen atoms in total. The van der Waals surface area contributed by atoms with Gasteiger partial charge in [0.2, 0.25) is 0 Å². The number of nitrogens with one attached hydrogen (secondary N) is 1. The summed E-state index contributed by atoms with van der Waals surface area (Å²) < 4.78 is 2.78. The number of imidazole rings is 1. The second kappa shape index (κ2) is 7.41. The molecular formula is C21H27BrN4OS. The van der Waals surface area contributed by atoms with Crippen molar-refractivity contribution in [2.24, 2.45) is 11.3 Å². The molecule has 0 spiro atoms. The predicted octanol–water partition coefficient (Wildman–Crippen LogP) is 5.79. The molecule has 0 bridgehead atoms. The summed E-state index contributed by atoms with van der Waals surface area (Å²) in [5.74, 6) is 2.67. The number of halogens is 1. The first-order valence-corrected chi connectivity index (χ1v) is 11.7. The van der Waals surface area contributed by atoms with Gasteiger partial charge in [0.25, 0.3) is 5.56 Å². The number of aromatic nitrogens is 4. The molecular weight excluding hydrogens is 436 g/mol. The van der Waals surface area contributed by atoms with Gasteiger partial charge in [-0.25, -0.2) is 9.50 Å². The Morgan fingerprint density at radius 3 is 2.57 bits per heavy atom. The van der Waals surface area contributed by atoms with E-state index in [2.05, 4.69) is 41.7 Å². The van der Waals surface area contributed by atoms with Gasteiger partial charge in [-0.3, -0.25) is 4.79 Å². The monoisotopic (exact) mass is 462 g/mol. The molecule has 1 saturated carbocycles. The van der Waals surface area contributed by atoms with E-state index in [1.165, 1.54) is 12.8 Å². The van der Waals surface area contributed by atoms with Gasteiger partial charge >= 0.3 is 0 Å². The Balaban J connectivity index is 1.78. The Morgan fingerprint density at radius 1 is 1.29 bits per heavy atom. The molecule has 0 radical (unpaired) electrons. The fraction of sp³-hybridized carbons (Fsp3) is 0.571. The number of aromatic amines is 1. The quantitative estimate of drug-likeness (QED) is 0.535. The minimum atomic E-state index is -0.107. The minimum Gasteiger partial charge on any atom is -0.302 e. The van der Waals surface area contributed by atoms with Crippen molar-refractivity contribution in [3.8, 4) is 10.7 Å². The van der Waals surface area contributed by atoms with E-state index in [4.69, 9.17) is 10.1 Å². The topological polar surface area (TPSA) is 63.1 Å². The predicted molar refractivity (Wildman–Crippen MR) is 118 cm³/mol. The average Bonchev–Trinajstić information content (AvgIpc) is 3.24. The molecule has 0 saturated heterocycles. The fourth-order valence-corrected chi connectivity index (χ4v) is 5.89. The minimum absolute atomic E-state index is 0.107. The van der Waals surface area contributed by atoms with E-state index in [-0.39, 0.29) is 5.56 Å². The summed E-state index contributed by atoms with van der Waals surface area (Å²) in [6.45, 7) is 9.06. The fourth-order valence-electron chi connectivity index (χ4n) is 4.39.